The molecular formula is C22H16F5O3PS. The zero-order chi connectivity index (χ0) is 23.3. The zero-order valence-corrected chi connectivity index (χ0v) is 19.0. The van der Waals surface area contributed by atoms with Crippen molar-refractivity contribution in [1.82, 2.24) is 0 Å². The minimum absolute atomic E-state index is 0.313. The van der Waals surface area contributed by atoms with Crippen LogP contribution in [0, 0.1) is 56.8 Å². The molecule has 1 heterocycles. The first-order valence-electron chi connectivity index (χ1n) is 9.32. The first kappa shape index (κ1) is 22.7. The van der Waals surface area contributed by atoms with Crippen molar-refractivity contribution in [3.05, 3.63) is 75.6 Å². The van der Waals surface area contributed by atoms with Crippen molar-refractivity contribution in [2.45, 2.75) is 37.5 Å². The van der Waals surface area contributed by atoms with E-state index in [2.05, 4.69) is 0 Å². The first-order chi connectivity index (χ1) is 15.1. The first-order valence-corrected chi connectivity index (χ1v) is 11.2. The molecule has 0 aromatic heterocycles. The largest absolute Gasteiger partial charge is 0.530 e. The van der Waals surface area contributed by atoms with Crippen molar-refractivity contribution in [3.63, 3.8) is 0 Å². The van der Waals surface area contributed by atoms with E-state index >= 15 is 0 Å². The number of fused-ring (bicyclic) bond motifs is 2. The second kappa shape index (κ2) is 8.45. The predicted molar refractivity (Wildman–Crippen MR) is 111 cm³/mol. The predicted octanol–water partition coefficient (Wildman–Crippen LogP) is 7.84. The van der Waals surface area contributed by atoms with E-state index in [1.54, 1.807) is 12.1 Å². The quantitative estimate of drug-likeness (QED) is 0.160. The van der Waals surface area contributed by atoms with Gasteiger partial charge in [-0.25, -0.2) is 13.2 Å². The van der Waals surface area contributed by atoms with E-state index in [0.717, 1.165) is 32.0 Å². The fourth-order valence-corrected chi connectivity index (χ4v) is 5.49. The number of rotatable bonds is 2. The van der Waals surface area contributed by atoms with Gasteiger partial charge < -0.3 is 13.6 Å². The molecule has 0 aliphatic carbocycles. The van der Waals surface area contributed by atoms with Crippen molar-refractivity contribution in [1.29, 1.82) is 0 Å². The van der Waals surface area contributed by atoms with Crippen molar-refractivity contribution >= 4 is 20.4 Å². The van der Waals surface area contributed by atoms with Gasteiger partial charge in [0.05, 0.1) is 9.79 Å². The molecule has 3 aromatic rings. The number of benzene rings is 3. The third-order valence-corrected chi connectivity index (χ3v) is 7.13. The van der Waals surface area contributed by atoms with Gasteiger partial charge in [0, 0.05) is 0 Å². The van der Waals surface area contributed by atoms with Gasteiger partial charge in [-0.2, -0.15) is 8.78 Å². The molecule has 0 spiro atoms. The van der Waals surface area contributed by atoms with Gasteiger partial charge in [0.15, 0.2) is 0 Å². The van der Waals surface area contributed by atoms with Crippen LogP contribution in [0.5, 0.6) is 17.2 Å². The van der Waals surface area contributed by atoms with Crippen LogP contribution in [-0.2, 0) is 0 Å². The lowest BCUT2D eigenvalue weighted by Gasteiger charge is -2.25. The lowest BCUT2D eigenvalue weighted by atomic mass is 10.1. The van der Waals surface area contributed by atoms with E-state index in [1.807, 2.05) is 39.8 Å². The lowest BCUT2D eigenvalue weighted by Crippen LogP contribution is -2.10. The normalized spacial score (nSPS) is 13.4. The summed E-state index contributed by atoms with van der Waals surface area (Å²) in [6.45, 7) is 7.41. The summed E-state index contributed by atoms with van der Waals surface area (Å²) in [5.41, 5.74) is 3.44. The summed E-state index contributed by atoms with van der Waals surface area (Å²) in [5, 5.41) is 0. The van der Waals surface area contributed by atoms with Crippen LogP contribution in [-0.4, -0.2) is 0 Å². The molecule has 0 unspecified atom stereocenters. The maximum absolute atomic E-state index is 14.2. The number of hydrogen-bond donors (Lipinski definition) is 0. The zero-order valence-electron chi connectivity index (χ0n) is 17.3. The van der Waals surface area contributed by atoms with Crippen LogP contribution in [0.2, 0.25) is 0 Å². The average molecular weight is 486 g/mol. The summed E-state index contributed by atoms with van der Waals surface area (Å²) < 4.78 is 86.0. The number of halogens is 5. The van der Waals surface area contributed by atoms with E-state index in [9.17, 15) is 22.0 Å². The molecule has 1 aliphatic heterocycles. The Balaban J connectivity index is 1.86. The van der Waals surface area contributed by atoms with Crippen LogP contribution in [0.25, 0.3) is 0 Å². The molecule has 0 radical (unpaired) electrons. The maximum atomic E-state index is 14.2. The Morgan fingerprint density at radius 3 is 1.50 bits per heavy atom. The molecule has 0 bridgehead atoms. The summed E-state index contributed by atoms with van der Waals surface area (Å²) in [4.78, 5) is 1.45. The van der Waals surface area contributed by atoms with Gasteiger partial charge in [-0.3, -0.25) is 0 Å². The third kappa shape index (κ3) is 3.99. The fraction of sp³-hybridized carbons (Fsp3) is 0.182. The second-order valence-electron chi connectivity index (χ2n) is 7.32. The van der Waals surface area contributed by atoms with Gasteiger partial charge in [0.2, 0.25) is 34.8 Å². The van der Waals surface area contributed by atoms with E-state index in [1.165, 1.54) is 11.8 Å². The molecule has 1 aliphatic rings. The SMILES string of the molecule is Cc1cc(C)c2c(c1)OP(Oc1c(F)c(F)c(F)c(F)c1F)Oc1cc(C)cc(C)c1S2. The van der Waals surface area contributed by atoms with Crippen molar-refractivity contribution in [2.75, 3.05) is 0 Å². The molecule has 10 heteroatoms. The lowest BCUT2D eigenvalue weighted by molar-refractivity contribution is 0.323. The number of hydrogen-bond acceptors (Lipinski definition) is 4. The van der Waals surface area contributed by atoms with Crippen LogP contribution in [0.4, 0.5) is 22.0 Å². The molecule has 0 saturated heterocycles. The Labute approximate surface area is 186 Å². The highest BCUT2D eigenvalue weighted by molar-refractivity contribution is 7.99. The molecule has 0 N–H and O–H groups in total. The molecule has 0 amide bonds. The molecule has 0 fully saturated rings. The minimum atomic E-state index is -2.63. The van der Waals surface area contributed by atoms with E-state index in [0.29, 0.717) is 11.5 Å². The van der Waals surface area contributed by atoms with E-state index in [4.69, 9.17) is 13.6 Å². The monoisotopic (exact) mass is 486 g/mol. The highest BCUT2D eigenvalue weighted by atomic mass is 32.2. The summed E-state index contributed by atoms with van der Waals surface area (Å²) >= 11 is 1.40. The van der Waals surface area contributed by atoms with Gasteiger partial charge in [0.1, 0.15) is 11.5 Å². The van der Waals surface area contributed by atoms with Crippen LogP contribution < -0.4 is 13.6 Å². The Hall–Kier alpha value is -2.51. The molecular weight excluding hydrogens is 470 g/mol. The summed E-state index contributed by atoms with van der Waals surface area (Å²) in [5.74, 6) is -11.5. The maximum Gasteiger partial charge on any atom is 0.530 e. The van der Waals surface area contributed by atoms with Crippen molar-refractivity contribution < 1.29 is 35.5 Å². The smallest absolute Gasteiger partial charge is 0.407 e. The molecule has 3 nitrogen and oxygen atoms in total. The third-order valence-electron chi connectivity index (χ3n) is 4.66. The van der Waals surface area contributed by atoms with Crippen LogP contribution in [0.1, 0.15) is 22.3 Å². The van der Waals surface area contributed by atoms with Crippen LogP contribution in [0.3, 0.4) is 0 Å². The molecule has 32 heavy (non-hydrogen) atoms. The fourth-order valence-electron chi connectivity index (χ4n) is 3.29. The Bertz CT molecular complexity index is 1160. The Kier molecular flexibility index (Phi) is 5.98. The molecule has 0 saturated carbocycles. The topological polar surface area (TPSA) is 27.7 Å². The standard InChI is InChI=1S/C22H16F5O3PS/c1-9-5-11(3)21-13(7-9)28-31(29-14-8-10(2)6-12(4)22(14)32-21)30-20-18(26)16(24)15(23)17(25)19(20)27/h5-8H,1-4H3. The summed E-state index contributed by atoms with van der Waals surface area (Å²) in [7, 11) is -2.63. The van der Waals surface area contributed by atoms with Crippen LogP contribution >= 0.6 is 20.4 Å². The van der Waals surface area contributed by atoms with Crippen molar-refractivity contribution in [2.24, 2.45) is 0 Å². The van der Waals surface area contributed by atoms with Gasteiger partial charge in [-0.1, -0.05) is 23.9 Å². The van der Waals surface area contributed by atoms with Crippen LogP contribution in [0.15, 0.2) is 34.1 Å². The Morgan fingerprint density at radius 2 is 1.06 bits per heavy atom. The Morgan fingerprint density at radius 1 is 0.656 bits per heavy atom. The van der Waals surface area contributed by atoms with Gasteiger partial charge >= 0.3 is 8.60 Å². The summed E-state index contributed by atoms with van der Waals surface area (Å²) in [6.07, 6.45) is 0. The highest BCUT2D eigenvalue weighted by Gasteiger charge is 2.34. The van der Waals surface area contributed by atoms with E-state index in [-0.39, 0.29) is 0 Å². The van der Waals surface area contributed by atoms with Gasteiger partial charge in [-0.15, -0.1) is 0 Å². The van der Waals surface area contributed by atoms with Gasteiger partial charge in [0.25, 0.3) is 0 Å². The molecule has 0 atom stereocenters. The molecule has 168 valence electrons. The highest BCUT2D eigenvalue weighted by Crippen LogP contribution is 2.54. The van der Waals surface area contributed by atoms with E-state index < -0.39 is 43.4 Å². The van der Waals surface area contributed by atoms with Crippen molar-refractivity contribution in [3.8, 4) is 17.2 Å². The summed E-state index contributed by atoms with van der Waals surface area (Å²) in [6, 6.07) is 7.25. The average Bonchev–Trinajstić information content (AvgIpc) is 2.70. The second-order valence-corrected chi connectivity index (χ2v) is 9.33. The molecule has 4 rings (SSSR count). The number of aryl methyl sites for hydroxylation is 4. The minimum Gasteiger partial charge on any atom is -0.407 e. The van der Waals surface area contributed by atoms with Gasteiger partial charge in [-0.05, 0) is 62.1 Å². The molecule has 3 aromatic carbocycles.